The van der Waals surface area contributed by atoms with E-state index in [9.17, 15) is 29.7 Å². The van der Waals surface area contributed by atoms with Gasteiger partial charge in [0, 0.05) is 6.07 Å². The number of aliphatic hydroxyl groups excluding tert-OH is 5. The lowest BCUT2D eigenvalue weighted by atomic mass is 10.1. The maximum Gasteiger partial charge on any atom is 0.335 e. The van der Waals surface area contributed by atoms with Crippen LogP contribution in [0.1, 0.15) is 16.6 Å². The van der Waals surface area contributed by atoms with Crippen LogP contribution in [0.3, 0.4) is 0 Å². The molecule has 2 rings (SSSR count). The highest BCUT2D eigenvalue weighted by Gasteiger charge is 2.47. The Kier molecular flexibility index (Phi) is 8.36. The number of nitrogens with two attached hydrogens (primary N) is 1. The number of ether oxygens (including phenoxy) is 1. The monoisotopic (exact) mass is 404 g/mol. The Morgan fingerprint density at radius 3 is 2.21 bits per heavy atom. The molecule has 0 saturated carbocycles. The normalized spacial score (nSPS) is 25.9. The first kappa shape index (κ1) is 23.4. The van der Waals surface area contributed by atoms with E-state index in [1.165, 1.54) is 16.8 Å². The quantitative estimate of drug-likeness (QED) is 0.220. The molecule has 0 radical (unpaired) electrons. The number of aromatic nitrogens is 1. The molecule has 0 aromatic carbocycles. The molecule has 0 spiro atoms. The van der Waals surface area contributed by atoms with Gasteiger partial charge in [-0.25, -0.2) is 4.79 Å². The molecule has 6 atom stereocenters. The van der Waals surface area contributed by atoms with Crippen LogP contribution >= 0.6 is 0 Å². The number of pyridine rings is 1. The van der Waals surface area contributed by atoms with Crippen molar-refractivity contribution in [1.82, 2.24) is 0 Å². The molecule has 1 aliphatic rings. The molecule has 156 valence electrons. The molecular weight excluding hydrogens is 384 g/mol. The molecule has 8 N–H and O–H groups in total. The van der Waals surface area contributed by atoms with Crippen LogP contribution in [-0.2, 0) is 14.3 Å². The van der Waals surface area contributed by atoms with Crippen molar-refractivity contribution in [3.05, 3.63) is 30.1 Å². The van der Waals surface area contributed by atoms with Gasteiger partial charge in [0.15, 0.2) is 24.6 Å². The van der Waals surface area contributed by atoms with Gasteiger partial charge in [-0.05, 0) is 6.07 Å². The minimum Gasteiger partial charge on any atom is -0.547 e. The number of amides is 1. The molecule has 13 nitrogen and oxygen atoms in total. The van der Waals surface area contributed by atoms with Crippen LogP contribution in [0.4, 0.5) is 0 Å². The van der Waals surface area contributed by atoms with Gasteiger partial charge in [-0.1, -0.05) is 0 Å². The molecule has 1 aliphatic heterocycles. The van der Waals surface area contributed by atoms with Crippen LogP contribution in [-0.4, -0.2) is 85.6 Å². The predicted molar refractivity (Wildman–Crippen MR) is 82.8 cm³/mol. The van der Waals surface area contributed by atoms with Gasteiger partial charge in [-0.3, -0.25) is 4.79 Å². The van der Waals surface area contributed by atoms with E-state index in [4.69, 9.17) is 30.9 Å². The van der Waals surface area contributed by atoms with E-state index in [0.29, 0.717) is 0 Å². The Labute approximate surface area is 157 Å². The summed E-state index contributed by atoms with van der Waals surface area (Å²) >= 11 is 0. The number of aliphatic carboxylic acids is 2. The highest BCUT2D eigenvalue weighted by atomic mass is 16.6. The molecular formula is C15H20N2O11. The third kappa shape index (κ3) is 5.66. The van der Waals surface area contributed by atoms with Crippen LogP contribution in [0, 0.1) is 0 Å². The van der Waals surface area contributed by atoms with Crippen LogP contribution in [0.5, 0.6) is 0 Å². The average Bonchev–Trinajstić information content (AvgIpc) is 2.95. The summed E-state index contributed by atoms with van der Waals surface area (Å²) in [7, 11) is 0. The van der Waals surface area contributed by atoms with Crippen LogP contribution in [0.25, 0.3) is 0 Å². The van der Waals surface area contributed by atoms with E-state index >= 15 is 0 Å². The highest BCUT2D eigenvalue weighted by molar-refractivity contribution is 5.92. The fourth-order valence-electron chi connectivity index (χ4n) is 2.19. The fourth-order valence-corrected chi connectivity index (χ4v) is 2.19. The molecule has 1 aromatic rings. The zero-order valence-corrected chi connectivity index (χ0v) is 14.2. The highest BCUT2D eigenvalue weighted by Crippen LogP contribution is 2.24. The van der Waals surface area contributed by atoms with Gasteiger partial charge in [0.2, 0.25) is 0 Å². The topological polar surface area (TPSA) is 235 Å². The fraction of sp³-hybridized carbons (Fsp3) is 0.467. The molecule has 1 amide bonds. The minimum atomic E-state index is -2.38. The molecule has 0 unspecified atom stereocenters. The van der Waals surface area contributed by atoms with Crippen LogP contribution < -0.4 is 15.4 Å². The lowest BCUT2D eigenvalue weighted by Gasteiger charge is -2.13. The maximum absolute atomic E-state index is 11.1. The molecule has 2 heterocycles. The third-order valence-corrected chi connectivity index (χ3v) is 3.71. The van der Waals surface area contributed by atoms with Gasteiger partial charge in [0.25, 0.3) is 12.1 Å². The van der Waals surface area contributed by atoms with E-state index in [1.807, 2.05) is 0 Å². The first-order chi connectivity index (χ1) is 13.0. The summed E-state index contributed by atoms with van der Waals surface area (Å²) in [5.74, 6) is -4.43. The number of carboxylic acids is 2. The summed E-state index contributed by atoms with van der Waals surface area (Å²) in [5, 5.41) is 62.6. The van der Waals surface area contributed by atoms with E-state index in [-0.39, 0.29) is 5.56 Å². The van der Waals surface area contributed by atoms with Crippen LogP contribution in [0.2, 0.25) is 0 Å². The van der Waals surface area contributed by atoms with Crippen molar-refractivity contribution in [3.63, 3.8) is 0 Å². The SMILES string of the molecule is NC(=O)c1ccc[n+]([C@@H]2O[C@H](CO)[C@@H](O)[C@H]2O)c1.O=C([O-])[C@H](O)[C@@H](O)C(=O)O. The van der Waals surface area contributed by atoms with Gasteiger partial charge in [0.1, 0.15) is 23.9 Å². The molecule has 1 fully saturated rings. The number of hydrogen-bond donors (Lipinski definition) is 7. The second-order valence-electron chi connectivity index (χ2n) is 5.68. The maximum atomic E-state index is 11.1. The summed E-state index contributed by atoms with van der Waals surface area (Å²) in [5.41, 5.74) is 5.41. The van der Waals surface area contributed by atoms with Crippen molar-refractivity contribution in [1.29, 1.82) is 0 Å². The Morgan fingerprint density at radius 1 is 1.21 bits per heavy atom. The number of nitrogens with zero attached hydrogens (tertiary/aromatic N) is 1. The number of rotatable bonds is 6. The van der Waals surface area contributed by atoms with Crippen molar-refractivity contribution in [2.45, 2.75) is 36.7 Å². The summed E-state index contributed by atoms with van der Waals surface area (Å²) in [6.45, 7) is -0.398. The zero-order chi connectivity index (χ0) is 21.6. The van der Waals surface area contributed by atoms with Crippen molar-refractivity contribution in [3.8, 4) is 0 Å². The lowest BCUT2D eigenvalue weighted by Crippen LogP contribution is -2.46. The number of carbonyl (C=O) groups excluding carboxylic acids is 2. The van der Waals surface area contributed by atoms with Crippen molar-refractivity contribution in [2.75, 3.05) is 6.61 Å². The van der Waals surface area contributed by atoms with E-state index < -0.39 is 61.2 Å². The number of carbonyl (C=O) groups is 3. The smallest absolute Gasteiger partial charge is 0.335 e. The molecule has 28 heavy (non-hydrogen) atoms. The standard InChI is InChI=1S/C11H14N2O5.C4H6O6/c12-10(17)6-2-1-3-13(4-6)11-9(16)8(15)7(5-14)18-11;5-1(3(7)8)2(6)4(9)10/h1-4,7-9,11,14-16H,5H2,(H-,12,17);1-2,5-6H,(H,7,8)(H,9,10)/t7-,8-,9-,11-;1-,2-/m11/s1. The largest absolute Gasteiger partial charge is 0.547 e. The molecule has 13 heteroatoms. The lowest BCUT2D eigenvalue weighted by molar-refractivity contribution is -0.765. The second kappa shape index (κ2) is 10.0. The first-order valence-corrected chi connectivity index (χ1v) is 7.74. The van der Waals surface area contributed by atoms with Crippen molar-refractivity contribution in [2.24, 2.45) is 5.73 Å². The Bertz CT molecular complexity index is 695. The van der Waals surface area contributed by atoms with Gasteiger partial charge < -0.3 is 51.0 Å². The van der Waals surface area contributed by atoms with Gasteiger partial charge in [0.05, 0.1) is 12.6 Å². The van der Waals surface area contributed by atoms with E-state index in [0.717, 1.165) is 0 Å². The third-order valence-electron chi connectivity index (χ3n) is 3.71. The van der Waals surface area contributed by atoms with Crippen molar-refractivity contribution < 1.29 is 59.4 Å². The number of hydrogen-bond acceptors (Lipinski definition) is 10. The summed E-state index contributed by atoms with van der Waals surface area (Å²) in [6, 6.07) is 3.11. The Morgan fingerprint density at radius 2 is 1.82 bits per heavy atom. The number of aliphatic hydroxyl groups is 5. The van der Waals surface area contributed by atoms with E-state index in [2.05, 4.69) is 0 Å². The predicted octanol–water partition coefficient (Wildman–Crippen LogP) is -5.77. The average molecular weight is 404 g/mol. The van der Waals surface area contributed by atoms with Gasteiger partial charge >= 0.3 is 5.97 Å². The van der Waals surface area contributed by atoms with E-state index in [1.54, 1.807) is 12.3 Å². The first-order valence-electron chi connectivity index (χ1n) is 7.74. The summed E-state index contributed by atoms with van der Waals surface area (Å²) in [4.78, 5) is 30.5. The Hall–Kier alpha value is -2.68. The molecule has 1 saturated heterocycles. The molecule has 1 aromatic heterocycles. The number of primary amides is 1. The summed E-state index contributed by atoms with van der Waals surface area (Å²) < 4.78 is 6.75. The summed E-state index contributed by atoms with van der Waals surface area (Å²) in [6.07, 6.45) is -5.79. The number of carboxylic acid groups (broad SMARTS) is 2. The van der Waals surface area contributed by atoms with Crippen molar-refractivity contribution >= 4 is 17.8 Å². The second-order valence-corrected chi connectivity index (χ2v) is 5.68. The minimum absolute atomic E-state index is 0.259. The molecule has 0 bridgehead atoms. The zero-order valence-electron chi connectivity index (χ0n) is 14.2. The van der Waals surface area contributed by atoms with Crippen LogP contribution in [0.15, 0.2) is 24.5 Å². The Balaban J connectivity index is 0.000000336. The molecule has 0 aliphatic carbocycles. The van der Waals surface area contributed by atoms with Gasteiger partial charge in [-0.2, -0.15) is 4.57 Å². The van der Waals surface area contributed by atoms with Gasteiger partial charge in [-0.15, -0.1) is 0 Å².